The van der Waals surface area contributed by atoms with Crippen LogP contribution >= 0.6 is 12.2 Å². The number of hydrogen-bond donors (Lipinski definition) is 1. The monoisotopic (exact) mass is 424 g/mol. The summed E-state index contributed by atoms with van der Waals surface area (Å²) in [5, 5.41) is 3.85. The zero-order valence-corrected chi connectivity index (χ0v) is 18.3. The molecule has 2 aromatic rings. The molecule has 2 aliphatic rings. The van der Waals surface area contributed by atoms with E-state index in [4.69, 9.17) is 26.4 Å². The lowest BCUT2D eigenvalue weighted by molar-refractivity contribution is -0.136. The Balaban J connectivity index is 1.83. The van der Waals surface area contributed by atoms with Gasteiger partial charge in [-0.05, 0) is 67.9 Å². The number of nitrogens with zero attached hydrogens (tertiary/aromatic N) is 1. The molecule has 0 amide bonds. The Morgan fingerprint density at radius 3 is 2.57 bits per heavy atom. The molecule has 0 bridgehead atoms. The third-order valence-electron chi connectivity index (χ3n) is 5.40. The van der Waals surface area contributed by atoms with E-state index in [0.717, 1.165) is 28.1 Å². The Bertz CT molecular complexity index is 1060. The topological polar surface area (TPSA) is 60.0 Å². The first-order valence-corrected chi connectivity index (χ1v) is 10.2. The number of aryl methyl sites for hydroxylation is 2. The number of benzene rings is 2. The zero-order chi connectivity index (χ0) is 21.4. The lowest BCUT2D eigenvalue weighted by atomic mass is 9.94. The number of methoxy groups -OCH3 is 1. The number of hydrogen-bond acceptors (Lipinski definition) is 5. The summed E-state index contributed by atoms with van der Waals surface area (Å²) in [6.45, 7) is 6.96. The van der Waals surface area contributed by atoms with Crippen molar-refractivity contribution in [3.8, 4) is 11.5 Å². The number of rotatable bonds is 3. The molecule has 156 valence electrons. The fraction of sp³-hybridized carbons (Fsp3) is 0.304. The third-order valence-corrected chi connectivity index (χ3v) is 5.70. The predicted molar refractivity (Wildman–Crippen MR) is 119 cm³/mol. The second kappa shape index (κ2) is 7.99. The fourth-order valence-corrected chi connectivity index (χ4v) is 4.21. The lowest BCUT2D eigenvalue weighted by Gasteiger charge is -2.38. The van der Waals surface area contributed by atoms with Gasteiger partial charge in [-0.15, -0.1) is 0 Å². The van der Waals surface area contributed by atoms with E-state index in [0.29, 0.717) is 35.4 Å². The molecular formula is C23H24N2O4S. The Morgan fingerprint density at radius 1 is 1.10 bits per heavy atom. The average Bonchev–Trinajstić information content (AvgIpc) is 2.75. The molecule has 6 nitrogen and oxygen atoms in total. The molecule has 0 saturated heterocycles. The van der Waals surface area contributed by atoms with Crippen molar-refractivity contribution < 1.29 is 19.0 Å². The van der Waals surface area contributed by atoms with Gasteiger partial charge in [0.15, 0.2) is 16.6 Å². The summed E-state index contributed by atoms with van der Waals surface area (Å²) >= 11 is 5.74. The first-order chi connectivity index (χ1) is 14.4. The Morgan fingerprint density at radius 2 is 1.83 bits per heavy atom. The summed E-state index contributed by atoms with van der Waals surface area (Å²) in [7, 11) is 1.39. The van der Waals surface area contributed by atoms with E-state index in [1.54, 1.807) is 0 Å². The molecule has 0 aromatic heterocycles. The summed E-state index contributed by atoms with van der Waals surface area (Å²) in [6.07, 6.45) is 0. The molecule has 1 N–H and O–H groups in total. The first-order valence-electron chi connectivity index (χ1n) is 9.77. The van der Waals surface area contributed by atoms with Crippen LogP contribution in [0.3, 0.4) is 0 Å². The fourth-order valence-electron chi connectivity index (χ4n) is 3.86. The predicted octanol–water partition coefficient (Wildman–Crippen LogP) is 3.96. The van der Waals surface area contributed by atoms with Crippen molar-refractivity contribution in [1.82, 2.24) is 5.32 Å². The van der Waals surface area contributed by atoms with Crippen molar-refractivity contribution in [2.45, 2.75) is 26.8 Å². The molecule has 0 saturated carbocycles. The van der Waals surface area contributed by atoms with Gasteiger partial charge in [0.05, 0.1) is 24.4 Å². The highest BCUT2D eigenvalue weighted by Gasteiger charge is 2.36. The van der Waals surface area contributed by atoms with Crippen LogP contribution in [0.4, 0.5) is 5.69 Å². The van der Waals surface area contributed by atoms with Crippen molar-refractivity contribution in [2.24, 2.45) is 0 Å². The van der Waals surface area contributed by atoms with Crippen LogP contribution in [-0.4, -0.2) is 31.4 Å². The Kier molecular flexibility index (Phi) is 5.39. The molecular weight excluding hydrogens is 400 g/mol. The van der Waals surface area contributed by atoms with E-state index < -0.39 is 12.0 Å². The van der Waals surface area contributed by atoms with Crippen LogP contribution in [0.15, 0.2) is 47.7 Å². The van der Waals surface area contributed by atoms with Gasteiger partial charge in [-0.1, -0.05) is 18.2 Å². The smallest absolute Gasteiger partial charge is 0.337 e. The first kappa shape index (κ1) is 20.2. The number of thiocarbonyl (C=S) groups is 1. The minimum absolute atomic E-state index is 0.405. The highest BCUT2D eigenvalue weighted by atomic mass is 32.1. The van der Waals surface area contributed by atoms with Crippen LogP contribution in [-0.2, 0) is 9.53 Å². The van der Waals surface area contributed by atoms with Gasteiger partial charge in [0.2, 0.25) is 0 Å². The molecule has 2 aromatic carbocycles. The summed E-state index contributed by atoms with van der Waals surface area (Å²) in [6, 6.07) is 11.4. The molecule has 1 atom stereocenters. The van der Waals surface area contributed by atoms with E-state index in [9.17, 15) is 4.79 Å². The maximum absolute atomic E-state index is 12.8. The summed E-state index contributed by atoms with van der Waals surface area (Å²) < 4.78 is 16.5. The number of ether oxygens (including phenoxy) is 3. The van der Waals surface area contributed by atoms with Gasteiger partial charge < -0.3 is 19.5 Å². The number of carbonyl (C=O) groups excluding carboxylic acids is 1. The standard InChI is InChI=1S/C23H24N2O4S/c1-13-5-6-14(2)17(11-13)25-15(3)20(22(26)27-4)21(24-23(25)30)16-7-8-18-19(12-16)29-10-9-28-18/h5-8,11-12,21H,9-10H2,1-4H3,(H,24,30). The van der Waals surface area contributed by atoms with Crippen LogP contribution in [0.1, 0.15) is 29.7 Å². The van der Waals surface area contributed by atoms with Crippen LogP contribution in [0.25, 0.3) is 0 Å². The Hall–Kier alpha value is -3.06. The van der Waals surface area contributed by atoms with Gasteiger partial charge in [0.1, 0.15) is 13.2 Å². The lowest BCUT2D eigenvalue weighted by Crippen LogP contribution is -2.48. The third kappa shape index (κ3) is 3.50. The maximum Gasteiger partial charge on any atom is 0.337 e. The van der Waals surface area contributed by atoms with Crippen molar-refractivity contribution in [1.29, 1.82) is 0 Å². The molecule has 0 spiro atoms. The van der Waals surface area contributed by atoms with Crippen molar-refractivity contribution in [3.05, 3.63) is 64.4 Å². The molecule has 30 heavy (non-hydrogen) atoms. The van der Waals surface area contributed by atoms with E-state index in [1.807, 2.05) is 49.9 Å². The van der Waals surface area contributed by atoms with Gasteiger partial charge in [-0.3, -0.25) is 4.90 Å². The van der Waals surface area contributed by atoms with Crippen LogP contribution < -0.4 is 19.7 Å². The van der Waals surface area contributed by atoms with Crippen molar-refractivity contribution in [2.75, 3.05) is 25.2 Å². The second-order valence-corrected chi connectivity index (χ2v) is 7.79. The van der Waals surface area contributed by atoms with Crippen molar-refractivity contribution in [3.63, 3.8) is 0 Å². The van der Waals surface area contributed by atoms with Crippen molar-refractivity contribution >= 4 is 29.0 Å². The molecule has 2 aliphatic heterocycles. The molecule has 0 radical (unpaired) electrons. The minimum Gasteiger partial charge on any atom is -0.486 e. The number of fused-ring (bicyclic) bond motifs is 1. The summed E-state index contributed by atoms with van der Waals surface area (Å²) in [5.74, 6) is 0.948. The van der Waals surface area contributed by atoms with E-state index >= 15 is 0 Å². The van der Waals surface area contributed by atoms with Gasteiger partial charge in [-0.25, -0.2) is 4.79 Å². The van der Waals surface area contributed by atoms with E-state index in [-0.39, 0.29) is 0 Å². The quantitative estimate of drug-likeness (QED) is 0.591. The normalized spacial score (nSPS) is 18.2. The molecule has 1 unspecified atom stereocenters. The summed E-state index contributed by atoms with van der Waals surface area (Å²) in [5.41, 5.74) is 5.20. The molecule has 7 heteroatoms. The average molecular weight is 425 g/mol. The van der Waals surface area contributed by atoms with Gasteiger partial charge in [0.25, 0.3) is 0 Å². The van der Waals surface area contributed by atoms with Gasteiger partial charge >= 0.3 is 5.97 Å². The van der Waals surface area contributed by atoms with Crippen LogP contribution in [0.5, 0.6) is 11.5 Å². The maximum atomic E-state index is 12.8. The largest absolute Gasteiger partial charge is 0.486 e. The van der Waals surface area contributed by atoms with Gasteiger partial charge in [0, 0.05) is 5.70 Å². The minimum atomic E-state index is -0.456. The van der Waals surface area contributed by atoms with E-state index in [2.05, 4.69) is 17.4 Å². The number of carbonyl (C=O) groups is 1. The molecule has 2 heterocycles. The number of anilines is 1. The number of esters is 1. The van der Waals surface area contributed by atoms with Gasteiger partial charge in [-0.2, -0.15) is 0 Å². The second-order valence-electron chi connectivity index (χ2n) is 7.40. The summed E-state index contributed by atoms with van der Waals surface area (Å²) in [4.78, 5) is 14.7. The number of nitrogens with one attached hydrogen (secondary N) is 1. The van der Waals surface area contributed by atoms with Crippen LogP contribution in [0.2, 0.25) is 0 Å². The Labute approximate surface area is 181 Å². The highest BCUT2D eigenvalue weighted by molar-refractivity contribution is 7.80. The zero-order valence-electron chi connectivity index (χ0n) is 17.4. The number of allylic oxidation sites excluding steroid dienone is 1. The molecule has 0 aliphatic carbocycles. The molecule has 4 rings (SSSR count). The highest BCUT2D eigenvalue weighted by Crippen LogP contribution is 2.39. The SMILES string of the molecule is COC(=O)C1=C(C)N(c2cc(C)ccc2C)C(=S)NC1c1ccc2c(c1)OCCO2. The van der Waals surface area contributed by atoms with Crippen LogP contribution in [0, 0.1) is 13.8 Å². The van der Waals surface area contributed by atoms with E-state index in [1.165, 1.54) is 7.11 Å². The molecule has 0 fully saturated rings.